The minimum Gasteiger partial charge on any atom is -0.310 e. The number of benzene rings is 8. The third-order valence-electron chi connectivity index (χ3n) is 12.8. The number of nitrogens with zero attached hydrogens (tertiary/aromatic N) is 2. The number of para-hydroxylation sites is 2. The Morgan fingerprint density at radius 3 is 1.48 bits per heavy atom. The van der Waals surface area contributed by atoms with Crippen molar-refractivity contribution in [2.75, 3.05) is 4.90 Å². The molecule has 0 saturated heterocycles. The van der Waals surface area contributed by atoms with Crippen LogP contribution in [0.3, 0.4) is 0 Å². The molecule has 9 aromatic rings. The number of aromatic nitrogens is 1. The highest BCUT2D eigenvalue weighted by Gasteiger charge is 2.37. The number of hydrogen-bond donors (Lipinski definition) is 0. The SMILES string of the molecule is CC1(C)c2ccccc2-c2cc(N(c3ccc(-c4cccc5c4c4ccccc4n5-c4ccccc4)cc3)c3ccc4c(c3)-c3ccccc3C4(C)C)ccc21. The van der Waals surface area contributed by atoms with Crippen molar-refractivity contribution in [3.05, 3.63) is 204 Å². The van der Waals surface area contributed by atoms with E-state index >= 15 is 0 Å². The van der Waals surface area contributed by atoms with E-state index in [2.05, 4.69) is 219 Å². The van der Waals surface area contributed by atoms with Crippen LogP contribution in [0.15, 0.2) is 182 Å². The molecular weight excluding hydrogens is 677 g/mol. The summed E-state index contributed by atoms with van der Waals surface area (Å²) in [7, 11) is 0. The molecule has 2 nitrogen and oxygen atoms in total. The van der Waals surface area contributed by atoms with Gasteiger partial charge in [-0.2, -0.15) is 0 Å². The average molecular weight is 719 g/mol. The fourth-order valence-electron chi connectivity index (χ4n) is 10.0. The zero-order valence-electron chi connectivity index (χ0n) is 32.2. The molecular formula is C54H42N2. The number of fused-ring (bicyclic) bond motifs is 9. The van der Waals surface area contributed by atoms with E-state index in [1.165, 1.54) is 83.1 Å². The fraction of sp³-hybridized carbons (Fsp3) is 0.111. The lowest BCUT2D eigenvalue weighted by Crippen LogP contribution is -2.16. The normalized spacial score (nSPS) is 14.4. The van der Waals surface area contributed by atoms with Crippen molar-refractivity contribution in [3.63, 3.8) is 0 Å². The van der Waals surface area contributed by atoms with Gasteiger partial charge in [0.2, 0.25) is 0 Å². The number of anilines is 3. The molecule has 0 saturated carbocycles. The van der Waals surface area contributed by atoms with E-state index in [1.807, 2.05) is 0 Å². The summed E-state index contributed by atoms with van der Waals surface area (Å²) < 4.78 is 2.39. The number of rotatable bonds is 5. The molecule has 2 aliphatic rings. The van der Waals surface area contributed by atoms with Gasteiger partial charge in [-0.05, 0) is 116 Å². The van der Waals surface area contributed by atoms with Gasteiger partial charge in [0, 0.05) is 44.4 Å². The van der Waals surface area contributed by atoms with Crippen molar-refractivity contribution in [1.29, 1.82) is 0 Å². The van der Waals surface area contributed by atoms with Crippen molar-refractivity contribution < 1.29 is 0 Å². The van der Waals surface area contributed by atoms with Crippen LogP contribution >= 0.6 is 0 Å². The highest BCUT2D eigenvalue weighted by atomic mass is 15.1. The van der Waals surface area contributed by atoms with E-state index in [-0.39, 0.29) is 10.8 Å². The Hall–Kier alpha value is -6.64. The molecule has 0 bridgehead atoms. The number of hydrogen-bond acceptors (Lipinski definition) is 1. The Labute approximate surface area is 328 Å². The molecule has 0 spiro atoms. The van der Waals surface area contributed by atoms with Crippen LogP contribution in [0.4, 0.5) is 17.1 Å². The van der Waals surface area contributed by atoms with Crippen LogP contribution in [0.25, 0.3) is 60.9 Å². The highest BCUT2D eigenvalue weighted by Crippen LogP contribution is 2.53. The molecule has 0 aliphatic heterocycles. The van der Waals surface area contributed by atoms with Crippen LogP contribution < -0.4 is 4.90 Å². The quantitative estimate of drug-likeness (QED) is 0.172. The summed E-state index contributed by atoms with van der Waals surface area (Å²) in [5.74, 6) is 0. The van der Waals surface area contributed by atoms with Gasteiger partial charge in [-0.3, -0.25) is 0 Å². The summed E-state index contributed by atoms with van der Waals surface area (Å²) in [6.45, 7) is 9.41. The molecule has 0 N–H and O–H groups in total. The van der Waals surface area contributed by atoms with Crippen molar-refractivity contribution in [3.8, 4) is 39.1 Å². The van der Waals surface area contributed by atoms with E-state index in [0.29, 0.717) is 0 Å². The lowest BCUT2D eigenvalue weighted by Gasteiger charge is -2.28. The zero-order chi connectivity index (χ0) is 37.8. The Morgan fingerprint density at radius 1 is 0.375 bits per heavy atom. The Bertz CT molecular complexity index is 2910. The molecule has 2 heteroatoms. The van der Waals surface area contributed by atoms with Gasteiger partial charge in [-0.1, -0.05) is 149 Å². The van der Waals surface area contributed by atoms with Gasteiger partial charge in [-0.15, -0.1) is 0 Å². The minimum atomic E-state index is -0.0511. The lowest BCUT2D eigenvalue weighted by molar-refractivity contribution is 0.660. The van der Waals surface area contributed by atoms with Gasteiger partial charge in [0.1, 0.15) is 0 Å². The van der Waals surface area contributed by atoms with Crippen LogP contribution in [0.1, 0.15) is 49.9 Å². The Morgan fingerprint density at radius 2 is 0.857 bits per heavy atom. The minimum absolute atomic E-state index is 0.0511. The van der Waals surface area contributed by atoms with Crippen molar-refractivity contribution >= 4 is 38.9 Å². The van der Waals surface area contributed by atoms with E-state index in [0.717, 1.165) is 17.1 Å². The van der Waals surface area contributed by atoms with Crippen molar-refractivity contribution in [1.82, 2.24) is 4.57 Å². The topological polar surface area (TPSA) is 8.17 Å². The maximum absolute atomic E-state index is 2.45. The molecule has 0 fully saturated rings. The summed E-state index contributed by atoms with van der Waals surface area (Å²) in [6, 6.07) is 67.5. The highest BCUT2D eigenvalue weighted by molar-refractivity contribution is 6.15. The lowest BCUT2D eigenvalue weighted by atomic mass is 9.82. The third-order valence-corrected chi connectivity index (χ3v) is 12.8. The second-order valence-corrected chi connectivity index (χ2v) is 16.6. The molecule has 0 unspecified atom stereocenters. The van der Waals surface area contributed by atoms with Gasteiger partial charge < -0.3 is 9.47 Å². The van der Waals surface area contributed by atoms with Gasteiger partial charge in [0.15, 0.2) is 0 Å². The van der Waals surface area contributed by atoms with Crippen molar-refractivity contribution in [2.45, 2.75) is 38.5 Å². The molecule has 2 aliphatic carbocycles. The zero-order valence-corrected chi connectivity index (χ0v) is 32.2. The van der Waals surface area contributed by atoms with Crippen LogP contribution in [-0.2, 0) is 10.8 Å². The average Bonchev–Trinajstić information content (AvgIpc) is 3.78. The Balaban J connectivity index is 1.09. The van der Waals surface area contributed by atoms with Gasteiger partial charge >= 0.3 is 0 Å². The molecule has 56 heavy (non-hydrogen) atoms. The first-order chi connectivity index (χ1) is 27.3. The van der Waals surface area contributed by atoms with E-state index < -0.39 is 0 Å². The first kappa shape index (κ1) is 32.8. The smallest absolute Gasteiger partial charge is 0.0547 e. The standard InChI is InChI=1S/C54H42N2/c1-53(2)46-21-11-8-17-41(46)44-33-38(29-31-48(44)53)55(39-30-32-49-45(34-39)42-18-9-12-22-47(42)54(49,3)4)37-27-25-35(26-28-37)40-20-14-24-51-52(40)43-19-10-13-23-50(43)56(51)36-15-6-5-7-16-36/h5-34H,1-4H3. The fourth-order valence-corrected chi connectivity index (χ4v) is 10.0. The molecule has 8 aromatic carbocycles. The van der Waals surface area contributed by atoms with E-state index in [4.69, 9.17) is 0 Å². The second-order valence-electron chi connectivity index (χ2n) is 16.6. The van der Waals surface area contributed by atoms with Gasteiger partial charge in [0.05, 0.1) is 11.0 Å². The largest absolute Gasteiger partial charge is 0.310 e. The summed E-state index contributed by atoms with van der Waals surface area (Å²) in [5.41, 5.74) is 20.2. The molecule has 11 rings (SSSR count). The summed E-state index contributed by atoms with van der Waals surface area (Å²) in [6.07, 6.45) is 0. The summed E-state index contributed by atoms with van der Waals surface area (Å²) in [4.78, 5) is 2.45. The molecule has 268 valence electrons. The first-order valence-corrected chi connectivity index (χ1v) is 19.8. The van der Waals surface area contributed by atoms with Crippen LogP contribution in [0.5, 0.6) is 0 Å². The van der Waals surface area contributed by atoms with Crippen LogP contribution in [0, 0.1) is 0 Å². The van der Waals surface area contributed by atoms with Gasteiger partial charge in [-0.25, -0.2) is 0 Å². The first-order valence-electron chi connectivity index (χ1n) is 19.8. The predicted octanol–water partition coefficient (Wildman–Crippen LogP) is 14.5. The molecule has 1 aromatic heterocycles. The Kier molecular flexibility index (Phi) is 6.98. The maximum Gasteiger partial charge on any atom is 0.0547 e. The maximum atomic E-state index is 2.45. The van der Waals surface area contributed by atoms with Crippen molar-refractivity contribution in [2.24, 2.45) is 0 Å². The summed E-state index contributed by atoms with van der Waals surface area (Å²) in [5, 5.41) is 2.53. The molecule has 1 heterocycles. The monoisotopic (exact) mass is 718 g/mol. The van der Waals surface area contributed by atoms with Gasteiger partial charge in [0.25, 0.3) is 0 Å². The molecule has 0 radical (unpaired) electrons. The van der Waals surface area contributed by atoms with E-state index in [1.54, 1.807) is 0 Å². The summed E-state index contributed by atoms with van der Waals surface area (Å²) >= 11 is 0. The molecule has 0 atom stereocenters. The molecule has 0 amide bonds. The third kappa shape index (κ3) is 4.62. The van der Waals surface area contributed by atoms with E-state index in [9.17, 15) is 0 Å². The van der Waals surface area contributed by atoms with Crippen LogP contribution in [0.2, 0.25) is 0 Å². The van der Waals surface area contributed by atoms with Crippen LogP contribution in [-0.4, -0.2) is 4.57 Å². The predicted molar refractivity (Wildman–Crippen MR) is 236 cm³/mol. The second kappa shape index (κ2) is 11.9.